The van der Waals surface area contributed by atoms with Crippen molar-refractivity contribution in [2.24, 2.45) is 0 Å². The monoisotopic (exact) mass is 278 g/mol. The van der Waals surface area contributed by atoms with Gasteiger partial charge in [-0.2, -0.15) is 4.31 Å². The molecule has 1 atom stereocenters. The van der Waals surface area contributed by atoms with Gasteiger partial charge in [0.15, 0.2) is 0 Å². The molecule has 0 aromatic carbocycles. The quantitative estimate of drug-likeness (QED) is 0.739. The van der Waals surface area contributed by atoms with E-state index < -0.39 is 10.0 Å². The predicted octanol–water partition coefficient (Wildman–Crippen LogP) is -0.0484. The number of ether oxygens (including phenoxy) is 1. The summed E-state index contributed by atoms with van der Waals surface area (Å²) in [6, 6.07) is -0.228. The molecule has 6 nitrogen and oxygen atoms in total. The standard InChI is InChI=1S/C11H22N2O4S/c1-9(2)13(18(3,15)16)8-11(14)12-7-10-5-4-6-17-10/h9-10H,4-8H2,1-3H3,(H,12,14). The highest BCUT2D eigenvalue weighted by Crippen LogP contribution is 2.10. The summed E-state index contributed by atoms with van der Waals surface area (Å²) in [6.07, 6.45) is 3.14. The molecule has 1 aliphatic rings. The van der Waals surface area contributed by atoms with E-state index in [2.05, 4.69) is 5.32 Å². The van der Waals surface area contributed by atoms with Crippen molar-refractivity contribution in [2.75, 3.05) is 26.0 Å². The number of nitrogens with zero attached hydrogens (tertiary/aromatic N) is 1. The van der Waals surface area contributed by atoms with E-state index in [9.17, 15) is 13.2 Å². The minimum absolute atomic E-state index is 0.0692. The van der Waals surface area contributed by atoms with Crippen molar-refractivity contribution in [1.29, 1.82) is 0 Å². The molecule has 0 aliphatic carbocycles. The molecule has 7 heteroatoms. The molecule has 0 bridgehead atoms. The lowest BCUT2D eigenvalue weighted by atomic mass is 10.2. The number of amides is 1. The van der Waals surface area contributed by atoms with Gasteiger partial charge < -0.3 is 10.1 Å². The number of nitrogens with one attached hydrogen (secondary N) is 1. The third-order valence-corrected chi connectivity index (χ3v) is 4.25. The smallest absolute Gasteiger partial charge is 0.235 e. The van der Waals surface area contributed by atoms with E-state index >= 15 is 0 Å². The lowest BCUT2D eigenvalue weighted by molar-refractivity contribution is -0.122. The highest BCUT2D eigenvalue weighted by molar-refractivity contribution is 7.88. The van der Waals surface area contributed by atoms with E-state index in [0.717, 1.165) is 25.7 Å². The van der Waals surface area contributed by atoms with Crippen LogP contribution in [0.3, 0.4) is 0 Å². The van der Waals surface area contributed by atoms with E-state index in [1.54, 1.807) is 13.8 Å². The van der Waals surface area contributed by atoms with Crippen LogP contribution in [0.2, 0.25) is 0 Å². The normalized spacial score (nSPS) is 20.6. The van der Waals surface area contributed by atoms with Crippen LogP contribution in [0.5, 0.6) is 0 Å². The Morgan fingerprint density at radius 2 is 2.17 bits per heavy atom. The summed E-state index contributed by atoms with van der Waals surface area (Å²) in [5.74, 6) is -0.287. The SMILES string of the molecule is CC(C)N(CC(=O)NCC1CCCO1)S(C)(=O)=O. The van der Waals surface area contributed by atoms with Crippen molar-refractivity contribution < 1.29 is 17.9 Å². The van der Waals surface area contributed by atoms with Gasteiger partial charge in [0.25, 0.3) is 0 Å². The zero-order chi connectivity index (χ0) is 13.8. The molecule has 1 rings (SSSR count). The number of rotatable bonds is 6. The highest BCUT2D eigenvalue weighted by atomic mass is 32.2. The van der Waals surface area contributed by atoms with Gasteiger partial charge in [-0.3, -0.25) is 4.79 Å². The molecule has 1 fully saturated rings. The van der Waals surface area contributed by atoms with Crippen LogP contribution in [0.15, 0.2) is 0 Å². The Morgan fingerprint density at radius 1 is 1.50 bits per heavy atom. The second-order valence-electron chi connectivity index (χ2n) is 4.84. The fraction of sp³-hybridized carbons (Fsp3) is 0.909. The minimum atomic E-state index is -3.36. The summed E-state index contributed by atoms with van der Waals surface area (Å²) in [7, 11) is -3.36. The van der Waals surface area contributed by atoms with E-state index in [-0.39, 0.29) is 24.6 Å². The highest BCUT2D eigenvalue weighted by Gasteiger charge is 2.23. The maximum Gasteiger partial charge on any atom is 0.235 e. The first-order valence-corrected chi connectivity index (χ1v) is 8.00. The molecule has 1 heterocycles. The molecular formula is C11H22N2O4S. The van der Waals surface area contributed by atoms with Crippen molar-refractivity contribution >= 4 is 15.9 Å². The summed E-state index contributed by atoms with van der Waals surface area (Å²) in [5.41, 5.74) is 0. The van der Waals surface area contributed by atoms with Crippen LogP contribution >= 0.6 is 0 Å². The minimum Gasteiger partial charge on any atom is -0.376 e. The van der Waals surface area contributed by atoms with Crippen LogP contribution in [-0.2, 0) is 19.6 Å². The summed E-state index contributed by atoms with van der Waals surface area (Å²) >= 11 is 0. The molecular weight excluding hydrogens is 256 g/mol. The Labute approximate surface area is 109 Å². The van der Waals surface area contributed by atoms with Crippen molar-refractivity contribution in [2.45, 2.75) is 38.8 Å². The molecule has 106 valence electrons. The van der Waals surface area contributed by atoms with E-state index in [0.29, 0.717) is 6.54 Å². The van der Waals surface area contributed by atoms with Gasteiger partial charge in [-0.1, -0.05) is 0 Å². The van der Waals surface area contributed by atoms with Crippen LogP contribution in [0, 0.1) is 0 Å². The molecule has 1 amide bonds. The van der Waals surface area contributed by atoms with Gasteiger partial charge in [0.2, 0.25) is 15.9 Å². The zero-order valence-corrected chi connectivity index (χ0v) is 12.0. The van der Waals surface area contributed by atoms with Gasteiger partial charge in [-0.05, 0) is 26.7 Å². The number of sulfonamides is 1. The van der Waals surface area contributed by atoms with Crippen molar-refractivity contribution in [3.05, 3.63) is 0 Å². The van der Waals surface area contributed by atoms with Gasteiger partial charge in [0.05, 0.1) is 18.9 Å². The topological polar surface area (TPSA) is 75.7 Å². The molecule has 18 heavy (non-hydrogen) atoms. The Balaban J connectivity index is 2.41. The average Bonchev–Trinajstić information content (AvgIpc) is 2.73. The number of hydrogen-bond donors (Lipinski definition) is 1. The second kappa shape index (κ2) is 6.49. The maximum atomic E-state index is 11.7. The largest absolute Gasteiger partial charge is 0.376 e. The van der Waals surface area contributed by atoms with E-state index in [1.807, 2.05) is 0 Å². The summed E-state index contributed by atoms with van der Waals surface area (Å²) in [5, 5.41) is 2.71. The molecule has 1 N–H and O–H groups in total. The first-order valence-electron chi connectivity index (χ1n) is 6.16. The zero-order valence-electron chi connectivity index (χ0n) is 11.2. The molecule has 0 saturated carbocycles. The predicted molar refractivity (Wildman–Crippen MR) is 68.7 cm³/mol. The maximum absolute atomic E-state index is 11.7. The van der Waals surface area contributed by atoms with E-state index in [4.69, 9.17) is 4.74 Å². The Morgan fingerprint density at radius 3 is 2.61 bits per heavy atom. The van der Waals surface area contributed by atoms with Gasteiger partial charge >= 0.3 is 0 Å². The lowest BCUT2D eigenvalue weighted by Gasteiger charge is -2.23. The van der Waals surface area contributed by atoms with Gasteiger partial charge in [-0.15, -0.1) is 0 Å². The summed E-state index contributed by atoms with van der Waals surface area (Å²) < 4.78 is 29.5. The molecule has 1 saturated heterocycles. The third kappa shape index (κ3) is 4.91. The first-order chi connectivity index (χ1) is 8.30. The Kier molecular flexibility index (Phi) is 5.55. The van der Waals surface area contributed by atoms with Crippen LogP contribution in [0.4, 0.5) is 0 Å². The van der Waals surface area contributed by atoms with Gasteiger partial charge in [0, 0.05) is 19.2 Å². The lowest BCUT2D eigenvalue weighted by Crippen LogP contribution is -2.45. The Hall–Kier alpha value is -0.660. The van der Waals surface area contributed by atoms with Crippen LogP contribution in [0.1, 0.15) is 26.7 Å². The van der Waals surface area contributed by atoms with Crippen LogP contribution < -0.4 is 5.32 Å². The van der Waals surface area contributed by atoms with Crippen LogP contribution in [-0.4, -0.2) is 56.7 Å². The van der Waals surface area contributed by atoms with Crippen molar-refractivity contribution in [3.8, 4) is 0 Å². The van der Waals surface area contributed by atoms with Crippen molar-refractivity contribution in [3.63, 3.8) is 0 Å². The fourth-order valence-corrected chi connectivity index (χ4v) is 3.03. The Bertz CT molecular complexity index is 375. The summed E-state index contributed by atoms with van der Waals surface area (Å²) in [6.45, 7) is 4.54. The number of carbonyl (C=O) groups excluding carboxylic acids is 1. The third-order valence-electron chi connectivity index (χ3n) is 2.85. The van der Waals surface area contributed by atoms with E-state index in [1.165, 1.54) is 4.31 Å². The molecule has 0 aromatic rings. The fourth-order valence-electron chi connectivity index (χ4n) is 1.91. The molecule has 1 unspecified atom stereocenters. The van der Waals surface area contributed by atoms with Crippen LogP contribution in [0.25, 0.3) is 0 Å². The van der Waals surface area contributed by atoms with Crippen molar-refractivity contribution in [1.82, 2.24) is 9.62 Å². The second-order valence-corrected chi connectivity index (χ2v) is 6.78. The average molecular weight is 278 g/mol. The number of hydrogen-bond acceptors (Lipinski definition) is 4. The molecule has 1 aliphatic heterocycles. The molecule has 0 aromatic heterocycles. The molecule has 0 spiro atoms. The van der Waals surface area contributed by atoms with Gasteiger partial charge in [0.1, 0.15) is 0 Å². The number of carbonyl (C=O) groups is 1. The van der Waals surface area contributed by atoms with Gasteiger partial charge in [-0.25, -0.2) is 8.42 Å². The summed E-state index contributed by atoms with van der Waals surface area (Å²) in [4.78, 5) is 11.7. The first kappa shape index (κ1) is 15.4. The molecule has 0 radical (unpaired) electrons.